The molecule has 0 unspecified atom stereocenters. The number of hydrogen-bond donors (Lipinski definition) is 0. The van der Waals surface area contributed by atoms with Crippen LogP contribution in [0, 0.1) is 52.8 Å². The van der Waals surface area contributed by atoms with Gasteiger partial charge in [-0.05, 0) is 125 Å². The fourth-order valence-electron chi connectivity index (χ4n) is 10.3. The molecule has 0 spiro atoms. The van der Waals surface area contributed by atoms with Crippen LogP contribution in [0.15, 0.2) is 31.7 Å². The van der Waals surface area contributed by atoms with E-state index in [1.54, 1.807) is 17.0 Å². The summed E-state index contributed by atoms with van der Waals surface area (Å²) in [5.41, 5.74) is -0.681. The van der Waals surface area contributed by atoms with Crippen LogP contribution in [0.1, 0.15) is 137 Å². The maximum Gasteiger partial charge on any atom is 0.314 e. The van der Waals surface area contributed by atoms with Crippen LogP contribution in [0.2, 0.25) is 0 Å². The summed E-state index contributed by atoms with van der Waals surface area (Å²) in [6.45, 7) is 11.9. The largest absolute Gasteiger partial charge is 0.425 e. The maximum atomic E-state index is 14.2. The van der Waals surface area contributed by atoms with Crippen molar-refractivity contribution in [2.24, 2.45) is 52.8 Å². The number of carbonyl (C=O) groups excluding carboxylic acids is 4. The molecule has 4 aliphatic carbocycles. The van der Waals surface area contributed by atoms with Gasteiger partial charge in [0.1, 0.15) is 17.1 Å². The number of ketones is 1. The number of carbonyl (C=O) groups is 4. The van der Waals surface area contributed by atoms with Gasteiger partial charge >= 0.3 is 11.9 Å². The lowest BCUT2D eigenvalue weighted by atomic mass is 9.69. The van der Waals surface area contributed by atoms with Gasteiger partial charge in [0, 0.05) is 18.5 Å². The van der Waals surface area contributed by atoms with E-state index in [1.165, 1.54) is 74.9 Å². The Hall–Kier alpha value is -2.30. The van der Waals surface area contributed by atoms with Crippen molar-refractivity contribution >= 4 is 47.2 Å². The van der Waals surface area contributed by atoms with Crippen molar-refractivity contribution in [3.05, 3.63) is 21.9 Å². The molecule has 6 aliphatic rings. The summed E-state index contributed by atoms with van der Waals surface area (Å²) < 4.78 is 18.5. The fourth-order valence-corrected chi connectivity index (χ4v) is 13.0. The maximum absolute atomic E-state index is 14.2. The van der Waals surface area contributed by atoms with E-state index in [4.69, 9.17) is 14.2 Å². The van der Waals surface area contributed by atoms with Crippen LogP contribution in [-0.2, 0) is 23.9 Å². The van der Waals surface area contributed by atoms with Gasteiger partial charge in [-0.2, -0.15) is 0 Å². The molecule has 10 heteroatoms. The van der Waals surface area contributed by atoms with Gasteiger partial charge in [-0.15, -0.1) is 0 Å². The average Bonchev–Trinajstić information content (AvgIpc) is 3.65. The van der Waals surface area contributed by atoms with E-state index in [9.17, 15) is 19.2 Å². The first-order chi connectivity index (χ1) is 26.9. The van der Waals surface area contributed by atoms with E-state index in [1.807, 2.05) is 20.8 Å². The molecule has 2 heterocycles. The van der Waals surface area contributed by atoms with Crippen molar-refractivity contribution < 1.29 is 33.4 Å². The molecule has 1 aromatic rings. The third-order valence-electron chi connectivity index (χ3n) is 14.1. The van der Waals surface area contributed by atoms with E-state index in [0.717, 1.165) is 75.0 Å². The molecule has 7 rings (SSSR count). The highest BCUT2D eigenvalue weighted by Gasteiger charge is 2.41. The minimum Gasteiger partial charge on any atom is -0.425 e. The van der Waals surface area contributed by atoms with Crippen molar-refractivity contribution in [2.75, 3.05) is 26.3 Å². The van der Waals surface area contributed by atoms with Gasteiger partial charge in [0.25, 0.3) is 5.91 Å². The van der Waals surface area contributed by atoms with Crippen LogP contribution < -0.4 is 9.47 Å². The number of thioether (sulfide) groups is 2. The average molecular weight is 808 g/mol. The van der Waals surface area contributed by atoms with E-state index in [-0.39, 0.29) is 41.0 Å². The normalized spacial score (nSPS) is 31.3. The first kappa shape index (κ1) is 41.8. The molecule has 0 aromatic heterocycles. The quantitative estimate of drug-likeness (QED) is 0.0836. The van der Waals surface area contributed by atoms with Crippen molar-refractivity contribution in [2.45, 2.75) is 147 Å². The monoisotopic (exact) mass is 807 g/mol. The van der Waals surface area contributed by atoms with E-state index >= 15 is 0 Å². The molecular formula is C46H65NO7S2. The van der Waals surface area contributed by atoms with E-state index in [0.29, 0.717) is 63.7 Å². The predicted octanol–water partition coefficient (Wildman–Crippen LogP) is 10.6. The van der Waals surface area contributed by atoms with Gasteiger partial charge in [-0.3, -0.25) is 19.2 Å². The van der Waals surface area contributed by atoms with Crippen LogP contribution in [-0.4, -0.2) is 54.8 Å². The zero-order chi connectivity index (χ0) is 39.6. The second kappa shape index (κ2) is 18.3. The van der Waals surface area contributed by atoms with Crippen LogP contribution in [0.5, 0.6) is 11.5 Å². The standard InChI is InChI=1S/C46H65NO7S2/c1-28-6-10-30(11-7-28)32-14-18-34(19-15-32)43(50)53-36-22-23-37(54-44(51)35-20-16-33(17-21-35)31-12-8-29(2)9-13-31)40-39(36)55-45(56-40)38(41(48)46(3,4)5)42(49)47-24-26-52-27-25-47/h22-23,28-35H,6-21,24-27H2,1-5H3. The topological polar surface area (TPSA) is 99.2 Å². The molecule has 0 radical (unpaired) electrons. The van der Waals surface area contributed by atoms with Gasteiger partial charge in [0.2, 0.25) is 0 Å². The number of ether oxygens (including phenoxy) is 3. The number of nitrogens with zero attached hydrogens (tertiary/aromatic N) is 1. The lowest BCUT2D eigenvalue weighted by Gasteiger charge is -2.36. The number of morpholine rings is 1. The Morgan fingerprint density at radius 1 is 0.607 bits per heavy atom. The summed E-state index contributed by atoms with van der Waals surface area (Å²) in [5.74, 6) is 4.04. The number of esters is 2. The molecule has 0 N–H and O–H groups in total. The van der Waals surface area contributed by atoms with Gasteiger partial charge in [0.05, 0.1) is 39.1 Å². The second-order valence-corrected chi connectivity index (χ2v) is 21.5. The van der Waals surface area contributed by atoms with Gasteiger partial charge in [0.15, 0.2) is 5.78 Å². The predicted molar refractivity (Wildman–Crippen MR) is 221 cm³/mol. The van der Waals surface area contributed by atoms with Crippen LogP contribution in [0.3, 0.4) is 0 Å². The molecular weight excluding hydrogens is 743 g/mol. The molecule has 1 saturated heterocycles. The van der Waals surface area contributed by atoms with Crippen molar-refractivity contribution in [3.63, 3.8) is 0 Å². The summed E-state index contributed by atoms with van der Waals surface area (Å²) in [7, 11) is 0. The summed E-state index contributed by atoms with van der Waals surface area (Å²) in [4.78, 5) is 58.9. The smallest absolute Gasteiger partial charge is 0.314 e. The molecule has 8 nitrogen and oxygen atoms in total. The number of Topliss-reactive ketones (excluding diaryl/α,β-unsaturated/α-hetero) is 1. The fraction of sp³-hybridized carbons (Fsp3) is 0.739. The molecule has 1 aromatic carbocycles. The number of hydrogen-bond acceptors (Lipinski definition) is 9. The molecule has 1 amide bonds. The summed E-state index contributed by atoms with van der Waals surface area (Å²) in [5, 5.41) is 0. The van der Waals surface area contributed by atoms with Crippen molar-refractivity contribution in [1.82, 2.24) is 4.90 Å². The number of benzene rings is 1. The van der Waals surface area contributed by atoms with Crippen LogP contribution >= 0.6 is 23.5 Å². The Balaban J connectivity index is 1.10. The van der Waals surface area contributed by atoms with Gasteiger partial charge in [-0.1, -0.05) is 83.8 Å². The SMILES string of the molecule is CC1CCC(C2CCC(C(=O)Oc3ccc(OC(=O)C4CCC(C5CCC(C)CC5)CC4)c4c3SC(=C(C(=O)N3CCOCC3)C(=O)C(C)(C)C)S4)CC2)CC1. The second-order valence-electron chi connectivity index (χ2n) is 19.2. The number of rotatable bonds is 8. The highest BCUT2D eigenvalue weighted by Crippen LogP contribution is 2.60. The molecule has 5 fully saturated rings. The lowest BCUT2D eigenvalue weighted by Crippen LogP contribution is -2.44. The Kier molecular flexibility index (Phi) is 13.7. The summed E-state index contributed by atoms with van der Waals surface area (Å²) in [6, 6.07) is 3.47. The number of amides is 1. The first-order valence-electron chi connectivity index (χ1n) is 22.0. The zero-order valence-electron chi connectivity index (χ0n) is 34.5. The Morgan fingerprint density at radius 3 is 1.36 bits per heavy atom. The number of fused-ring (bicyclic) bond motifs is 1. The summed E-state index contributed by atoms with van der Waals surface area (Å²) in [6.07, 6.45) is 18.1. The molecule has 308 valence electrons. The first-order valence-corrected chi connectivity index (χ1v) is 23.6. The van der Waals surface area contributed by atoms with E-state index in [2.05, 4.69) is 13.8 Å². The highest BCUT2D eigenvalue weighted by atomic mass is 32.2. The zero-order valence-corrected chi connectivity index (χ0v) is 36.2. The molecule has 2 aliphatic heterocycles. The van der Waals surface area contributed by atoms with Gasteiger partial charge < -0.3 is 19.1 Å². The third kappa shape index (κ3) is 9.76. The third-order valence-corrected chi connectivity index (χ3v) is 16.8. The van der Waals surface area contributed by atoms with Crippen LogP contribution in [0.4, 0.5) is 0 Å². The minimum atomic E-state index is -0.811. The minimum absolute atomic E-state index is 0.131. The Labute approximate surface area is 343 Å². The van der Waals surface area contributed by atoms with Gasteiger partial charge in [-0.25, -0.2) is 0 Å². The Bertz CT molecular complexity index is 1540. The Morgan fingerprint density at radius 2 is 0.982 bits per heavy atom. The summed E-state index contributed by atoms with van der Waals surface area (Å²) >= 11 is 2.57. The molecule has 0 atom stereocenters. The highest BCUT2D eigenvalue weighted by molar-refractivity contribution is 8.25. The lowest BCUT2D eigenvalue weighted by molar-refractivity contribution is -0.141. The van der Waals surface area contributed by atoms with E-state index < -0.39 is 5.41 Å². The molecule has 4 saturated carbocycles. The van der Waals surface area contributed by atoms with Crippen molar-refractivity contribution in [3.8, 4) is 11.5 Å². The van der Waals surface area contributed by atoms with Crippen molar-refractivity contribution in [1.29, 1.82) is 0 Å². The molecule has 56 heavy (non-hydrogen) atoms. The molecule has 0 bridgehead atoms. The van der Waals surface area contributed by atoms with Crippen LogP contribution in [0.25, 0.3) is 0 Å².